The van der Waals surface area contributed by atoms with Crippen LogP contribution in [0.1, 0.15) is 34.5 Å². The second kappa shape index (κ2) is 10.0. The Hall–Kier alpha value is -3.61. The molecule has 1 aliphatic rings. The smallest absolute Gasteiger partial charge is 0.284 e. The fourth-order valence-corrected chi connectivity index (χ4v) is 6.96. The van der Waals surface area contributed by atoms with Crippen LogP contribution < -0.4 is 16.0 Å². The highest BCUT2D eigenvalue weighted by molar-refractivity contribution is 6.88. The number of hydrogen-bond acceptors (Lipinski definition) is 6. The zero-order valence-corrected chi connectivity index (χ0v) is 22.8. The Kier molecular flexibility index (Phi) is 6.79. The van der Waals surface area contributed by atoms with Gasteiger partial charge in [-0.3, -0.25) is 9.69 Å². The minimum Gasteiger partial charge on any atom is -0.451 e. The van der Waals surface area contributed by atoms with Crippen molar-refractivity contribution in [1.82, 2.24) is 14.9 Å². The molecular weight excluding hydrogens is 480 g/mol. The summed E-state index contributed by atoms with van der Waals surface area (Å²) in [5.74, 6) is -0.348. The van der Waals surface area contributed by atoms with Gasteiger partial charge in [0.05, 0.1) is 13.6 Å². The van der Waals surface area contributed by atoms with Gasteiger partial charge in [-0.1, -0.05) is 19.6 Å². The number of fused-ring (bicyclic) bond motifs is 2. The normalized spacial score (nSPS) is 14.9. The minimum atomic E-state index is -1.57. The summed E-state index contributed by atoms with van der Waals surface area (Å²) in [6.07, 6.45) is 4.91. The van der Waals surface area contributed by atoms with Crippen molar-refractivity contribution >= 4 is 47.0 Å². The summed E-state index contributed by atoms with van der Waals surface area (Å²) in [6.45, 7) is 12.1. The molecule has 3 N–H and O–H groups in total. The molecule has 1 saturated heterocycles. The Balaban J connectivity index is 1.16. The number of anilines is 1. The van der Waals surface area contributed by atoms with Crippen LogP contribution in [-0.2, 0) is 6.42 Å². The van der Waals surface area contributed by atoms with Gasteiger partial charge in [0.1, 0.15) is 17.3 Å². The maximum atomic E-state index is 11.4. The van der Waals surface area contributed by atoms with Crippen LogP contribution in [0.5, 0.6) is 0 Å². The van der Waals surface area contributed by atoms with E-state index in [9.17, 15) is 10.1 Å². The number of pyridine rings is 1. The van der Waals surface area contributed by atoms with Crippen LogP contribution in [0.3, 0.4) is 0 Å². The number of unbranched alkanes of at least 4 members (excludes halogenated alkanes) is 1. The number of aryl methyl sites for hydroxylation is 1. The monoisotopic (exact) mass is 514 g/mol. The molecule has 0 bridgehead atoms. The molecule has 0 aliphatic carbocycles. The first-order valence-corrected chi connectivity index (χ1v) is 16.4. The third kappa shape index (κ3) is 5.26. The predicted molar refractivity (Wildman–Crippen MR) is 150 cm³/mol. The Labute approximate surface area is 218 Å². The number of amides is 1. The molecule has 0 atom stereocenters. The maximum Gasteiger partial charge on any atom is 0.284 e. The summed E-state index contributed by atoms with van der Waals surface area (Å²) in [5, 5.41) is 12.7. The standard InChI is InChI=1S/C28H34N6O2Si/c1-37(2,3)28-22(23-14-19(17-29)18-31-27(23)32-28)6-4-5-9-33-10-12-34(13-11-33)21-7-8-24-20(15-21)16-25(36-24)26(30)35/h7-8,14-16,18H,4-6,9-13H2,1-3H3,(H2,30,35)(H,31,32). The molecule has 0 unspecified atom stereocenters. The number of nitrogens with zero attached hydrogens (tertiary/aromatic N) is 4. The lowest BCUT2D eigenvalue weighted by atomic mass is 10.1. The first kappa shape index (κ1) is 25.1. The van der Waals surface area contributed by atoms with Crippen molar-refractivity contribution in [3.05, 3.63) is 53.4 Å². The van der Waals surface area contributed by atoms with Crippen LogP contribution in [0.2, 0.25) is 19.6 Å². The number of aromatic amines is 1. The quantitative estimate of drug-likeness (QED) is 0.272. The molecule has 8 nitrogen and oxygen atoms in total. The van der Waals surface area contributed by atoms with Gasteiger partial charge in [0, 0.05) is 54.2 Å². The predicted octanol–water partition coefficient (Wildman–Crippen LogP) is 3.97. The van der Waals surface area contributed by atoms with Crippen molar-refractivity contribution in [2.24, 2.45) is 5.73 Å². The van der Waals surface area contributed by atoms with Gasteiger partial charge >= 0.3 is 0 Å². The molecule has 4 heterocycles. The van der Waals surface area contributed by atoms with Gasteiger partial charge < -0.3 is 20.0 Å². The fourth-order valence-electron chi connectivity index (χ4n) is 5.30. The fraction of sp³-hybridized carbons (Fsp3) is 0.393. The number of hydrogen-bond donors (Lipinski definition) is 2. The van der Waals surface area contributed by atoms with Crippen molar-refractivity contribution in [3.63, 3.8) is 0 Å². The lowest BCUT2D eigenvalue weighted by Crippen LogP contribution is -2.46. The van der Waals surface area contributed by atoms with E-state index in [-0.39, 0.29) is 5.76 Å². The Bertz CT molecular complexity index is 1480. The summed E-state index contributed by atoms with van der Waals surface area (Å²) < 4.78 is 5.51. The molecule has 1 aromatic carbocycles. The maximum absolute atomic E-state index is 11.4. The Morgan fingerprint density at radius 2 is 1.95 bits per heavy atom. The van der Waals surface area contributed by atoms with E-state index in [0.29, 0.717) is 11.1 Å². The van der Waals surface area contributed by atoms with E-state index in [4.69, 9.17) is 10.2 Å². The van der Waals surface area contributed by atoms with E-state index in [2.05, 4.69) is 57.6 Å². The molecular formula is C28H34N6O2Si. The van der Waals surface area contributed by atoms with Crippen LogP contribution in [0.4, 0.5) is 5.69 Å². The average molecular weight is 515 g/mol. The Morgan fingerprint density at radius 1 is 1.16 bits per heavy atom. The molecule has 1 fully saturated rings. The van der Waals surface area contributed by atoms with E-state index in [0.717, 1.165) is 74.1 Å². The summed E-state index contributed by atoms with van der Waals surface area (Å²) in [5.41, 5.74) is 10.1. The van der Waals surface area contributed by atoms with Crippen LogP contribution in [0, 0.1) is 11.3 Å². The van der Waals surface area contributed by atoms with Crippen LogP contribution in [0.15, 0.2) is 40.9 Å². The second-order valence-corrected chi connectivity index (χ2v) is 15.9. The number of nitrogens with one attached hydrogen (secondary N) is 1. The number of primary amides is 1. The number of furan rings is 1. The first-order chi connectivity index (χ1) is 17.7. The molecule has 0 saturated carbocycles. The van der Waals surface area contributed by atoms with Gasteiger partial charge in [-0.05, 0) is 61.7 Å². The lowest BCUT2D eigenvalue weighted by Gasteiger charge is -2.36. The molecule has 4 aromatic rings. The zero-order valence-electron chi connectivity index (χ0n) is 21.8. The number of nitrogens with two attached hydrogens (primary N) is 1. The van der Waals surface area contributed by atoms with Gasteiger partial charge in [0.2, 0.25) is 0 Å². The van der Waals surface area contributed by atoms with Gasteiger partial charge in [-0.15, -0.1) is 0 Å². The third-order valence-electron chi connectivity index (χ3n) is 7.27. The van der Waals surface area contributed by atoms with Gasteiger partial charge in [0.15, 0.2) is 5.76 Å². The van der Waals surface area contributed by atoms with E-state index in [1.54, 1.807) is 12.3 Å². The molecule has 0 radical (unpaired) electrons. The molecule has 3 aromatic heterocycles. The van der Waals surface area contributed by atoms with E-state index in [1.165, 1.54) is 10.9 Å². The first-order valence-electron chi connectivity index (χ1n) is 12.9. The zero-order chi connectivity index (χ0) is 26.2. The number of aromatic nitrogens is 2. The number of H-pyrrole nitrogens is 1. The number of nitriles is 1. The van der Waals surface area contributed by atoms with Gasteiger partial charge in [0.25, 0.3) is 5.91 Å². The number of piperazine rings is 1. The van der Waals surface area contributed by atoms with Gasteiger partial charge in [-0.25, -0.2) is 4.98 Å². The average Bonchev–Trinajstić information content (AvgIpc) is 3.48. The highest BCUT2D eigenvalue weighted by Gasteiger charge is 2.25. The van der Waals surface area contributed by atoms with Crippen molar-refractivity contribution < 1.29 is 9.21 Å². The van der Waals surface area contributed by atoms with Crippen LogP contribution >= 0.6 is 0 Å². The number of benzene rings is 1. The molecule has 5 rings (SSSR count). The molecule has 37 heavy (non-hydrogen) atoms. The molecule has 1 amide bonds. The van der Waals surface area contributed by atoms with E-state index < -0.39 is 14.0 Å². The van der Waals surface area contributed by atoms with E-state index in [1.807, 2.05) is 12.1 Å². The number of rotatable bonds is 8. The van der Waals surface area contributed by atoms with Crippen molar-refractivity contribution in [1.29, 1.82) is 5.26 Å². The second-order valence-electron chi connectivity index (χ2n) is 10.9. The third-order valence-corrected chi connectivity index (χ3v) is 9.20. The molecule has 192 valence electrons. The topological polar surface area (TPSA) is 115 Å². The Morgan fingerprint density at radius 3 is 2.65 bits per heavy atom. The summed E-state index contributed by atoms with van der Waals surface area (Å²) in [6, 6.07) is 12.0. The number of carbonyl (C=O) groups is 1. The highest BCUT2D eigenvalue weighted by Crippen LogP contribution is 2.26. The lowest BCUT2D eigenvalue weighted by molar-refractivity contribution is 0.0976. The van der Waals surface area contributed by atoms with Crippen molar-refractivity contribution in [2.75, 3.05) is 37.6 Å². The van der Waals surface area contributed by atoms with Crippen molar-refractivity contribution in [2.45, 2.75) is 38.9 Å². The SMILES string of the molecule is C[Si](C)(C)c1[nH]c2ncc(C#N)cc2c1CCCCN1CCN(c2ccc3oc(C(N)=O)cc3c2)CC1. The summed E-state index contributed by atoms with van der Waals surface area (Å²) >= 11 is 0. The van der Waals surface area contributed by atoms with Crippen molar-refractivity contribution in [3.8, 4) is 6.07 Å². The number of carbonyl (C=O) groups excluding carboxylic acids is 1. The molecule has 1 aliphatic heterocycles. The van der Waals surface area contributed by atoms with E-state index >= 15 is 0 Å². The highest BCUT2D eigenvalue weighted by atomic mass is 28.3. The van der Waals surface area contributed by atoms with Gasteiger partial charge in [-0.2, -0.15) is 5.26 Å². The van der Waals surface area contributed by atoms with Crippen LogP contribution in [0.25, 0.3) is 22.0 Å². The minimum absolute atomic E-state index is 0.198. The molecule has 9 heteroatoms. The summed E-state index contributed by atoms with van der Waals surface area (Å²) in [4.78, 5) is 24.4. The molecule has 0 spiro atoms. The summed E-state index contributed by atoms with van der Waals surface area (Å²) in [7, 11) is -1.57. The largest absolute Gasteiger partial charge is 0.451 e. The van der Waals surface area contributed by atoms with Crippen LogP contribution in [-0.4, -0.2) is 61.6 Å².